The van der Waals surface area contributed by atoms with Crippen molar-refractivity contribution in [3.05, 3.63) is 45.9 Å². The van der Waals surface area contributed by atoms with Crippen molar-refractivity contribution in [1.29, 1.82) is 0 Å². The molecule has 0 spiro atoms. The van der Waals surface area contributed by atoms with Crippen LogP contribution in [0.3, 0.4) is 0 Å². The van der Waals surface area contributed by atoms with Gasteiger partial charge >= 0.3 is 0 Å². The van der Waals surface area contributed by atoms with E-state index in [1.165, 1.54) is 0 Å². The van der Waals surface area contributed by atoms with Gasteiger partial charge in [-0.15, -0.1) is 11.3 Å². The minimum absolute atomic E-state index is 0.0889. The lowest BCUT2D eigenvalue weighted by Crippen LogP contribution is -1.99. The Kier molecular flexibility index (Phi) is 3.54. The molecular weight excluding hydrogens is 220 g/mol. The van der Waals surface area contributed by atoms with E-state index in [9.17, 15) is 0 Å². The second-order valence-corrected chi connectivity index (χ2v) is 4.63. The lowest BCUT2D eigenvalue weighted by Gasteiger charge is -2.04. The Hall–Kier alpha value is -1.39. The molecule has 0 saturated heterocycles. The fourth-order valence-corrected chi connectivity index (χ4v) is 2.02. The third kappa shape index (κ3) is 2.81. The Balaban J connectivity index is 1.94. The maximum atomic E-state index is 8.91. The number of nitrogens with one attached hydrogen (secondary N) is 1. The van der Waals surface area contributed by atoms with Gasteiger partial charge in [0.05, 0.1) is 23.9 Å². The molecule has 1 aromatic heterocycles. The molecule has 0 aliphatic heterocycles. The van der Waals surface area contributed by atoms with E-state index in [4.69, 9.17) is 5.11 Å². The van der Waals surface area contributed by atoms with Gasteiger partial charge in [0.15, 0.2) is 0 Å². The zero-order valence-corrected chi connectivity index (χ0v) is 9.92. The van der Waals surface area contributed by atoms with Crippen molar-refractivity contribution in [3.8, 4) is 0 Å². The topological polar surface area (TPSA) is 45.2 Å². The minimum Gasteiger partial charge on any atom is -0.392 e. The standard InChI is InChI=1S/C12H14N2OS/c1-9-14-12(8-16-9)6-13-11-4-2-10(7-15)3-5-11/h2-5,8,13,15H,6-7H2,1H3. The van der Waals surface area contributed by atoms with Gasteiger partial charge in [0.2, 0.25) is 0 Å². The van der Waals surface area contributed by atoms with Gasteiger partial charge in [0.25, 0.3) is 0 Å². The molecule has 1 aromatic carbocycles. The summed E-state index contributed by atoms with van der Waals surface area (Å²) in [5, 5.41) is 15.3. The summed E-state index contributed by atoms with van der Waals surface area (Å²) >= 11 is 1.66. The van der Waals surface area contributed by atoms with Crippen molar-refractivity contribution >= 4 is 17.0 Å². The number of nitrogens with zero attached hydrogens (tertiary/aromatic N) is 1. The van der Waals surface area contributed by atoms with E-state index in [1.807, 2.05) is 31.2 Å². The van der Waals surface area contributed by atoms with Crippen LogP contribution in [-0.2, 0) is 13.2 Å². The van der Waals surface area contributed by atoms with Crippen molar-refractivity contribution in [2.24, 2.45) is 0 Å². The first kappa shape index (κ1) is 11.1. The Morgan fingerprint density at radius 3 is 2.62 bits per heavy atom. The molecule has 0 amide bonds. The zero-order chi connectivity index (χ0) is 11.4. The maximum absolute atomic E-state index is 8.91. The van der Waals surface area contributed by atoms with Crippen molar-refractivity contribution in [1.82, 2.24) is 4.98 Å². The smallest absolute Gasteiger partial charge is 0.0898 e. The average molecular weight is 234 g/mol. The molecule has 4 heteroatoms. The number of hydrogen-bond donors (Lipinski definition) is 2. The highest BCUT2D eigenvalue weighted by molar-refractivity contribution is 7.09. The van der Waals surface area contributed by atoms with Gasteiger partial charge in [-0.2, -0.15) is 0 Å². The molecule has 0 aliphatic rings. The van der Waals surface area contributed by atoms with E-state index >= 15 is 0 Å². The van der Waals surface area contributed by atoms with Gasteiger partial charge in [0, 0.05) is 11.1 Å². The summed E-state index contributed by atoms with van der Waals surface area (Å²) in [7, 11) is 0. The van der Waals surface area contributed by atoms with Gasteiger partial charge in [-0.3, -0.25) is 0 Å². The van der Waals surface area contributed by atoms with E-state index in [-0.39, 0.29) is 6.61 Å². The normalized spacial score (nSPS) is 10.4. The molecule has 0 unspecified atom stereocenters. The van der Waals surface area contributed by atoms with Gasteiger partial charge in [0.1, 0.15) is 0 Å². The molecule has 0 fully saturated rings. The number of anilines is 1. The third-order valence-corrected chi connectivity index (χ3v) is 3.10. The van der Waals surface area contributed by atoms with E-state index < -0.39 is 0 Å². The Morgan fingerprint density at radius 1 is 1.31 bits per heavy atom. The molecule has 3 nitrogen and oxygen atoms in total. The molecular formula is C12H14N2OS. The van der Waals surface area contributed by atoms with Crippen LogP contribution in [0.2, 0.25) is 0 Å². The number of thiazole rings is 1. The maximum Gasteiger partial charge on any atom is 0.0898 e. The number of benzene rings is 1. The van der Waals surface area contributed by atoms with Crippen LogP contribution in [0.1, 0.15) is 16.3 Å². The summed E-state index contributed by atoms with van der Waals surface area (Å²) in [5.74, 6) is 0. The Morgan fingerprint density at radius 2 is 2.06 bits per heavy atom. The Labute approximate surface area is 98.8 Å². The van der Waals surface area contributed by atoms with Crippen molar-refractivity contribution in [2.75, 3.05) is 5.32 Å². The third-order valence-electron chi connectivity index (χ3n) is 2.28. The molecule has 16 heavy (non-hydrogen) atoms. The highest BCUT2D eigenvalue weighted by atomic mass is 32.1. The first-order chi connectivity index (χ1) is 7.78. The van der Waals surface area contributed by atoms with Crippen LogP contribution in [-0.4, -0.2) is 10.1 Å². The Bertz CT molecular complexity index is 450. The van der Waals surface area contributed by atoms with Crippen LogP contribution in [0.25, 0.3) is 0 Å². The summed E-state index contributed by atoms with van der Waals surface area (Å²) in [6.07, 6.45) is 0. The summed E-state index contributed by atoms with van der Waals surface area (Å²) < 4.78 is 0. The van der Waals surface area contributed by atoms with E-state index in [1.54, 1.807) is 11.3 Å². The predicted molar refractivity (Wildman–Crippen MR) is 66.5 cm³/mol. The predicted octanol–water partition coefficient (Wildman–Crippen LogP) is 2.56. The summed E-state index contributed by atoms with van der Waals surface area (Å²) in [4.78, 5) is 4.38. The van der Waals surface area contributed by atoms with Gasteiger partial charge in [-0.25, -0.2) is 4.98 Å². The quantitative estimate of drug-likeness (QED) is 0.854. The second kappa shape index (κ2) is 5.09. The SMILES string of the molecule is Cc1nc(CNc2ccc(CO)cc2)cs1. The summed E-state index contributed by atoms with van der Waals surface area (Å²) in [6, 6.07) is 7.75. The minimum atomic E-state index is 0.0889. The number of aliphatic hydroxyl groups excluding tert-OH is 1. The largest absolute Gasteiger partial charge is 0.392 e. The molecule has 2 aromatic rings. The van der Waals surface area contributed by atoms with Gasteiger partial charge < -0.3 is 10.4 Å². The van der Waals surface area contributed by atoms with Gasteiger partial charge in [-0.05, 0) is 24.6 Å². The molecule has 0 radical (unpaired) electrons. The van der Waals surface area contributed by atoms with Crippen LogP contribution < -0.4 is 5.32 Å². The number of rotatable bonds is 4. The monoisotopic (exact) mass is 234 g/mol. The van der Waals surface area contributed by atoms with Crippen LogP contribution in [0.5, 0.6) is 0 Å². The number of aromatic nitrogens is 1. The van der Waals surface area contributed by atoms with Crippen LogP contribution in [0.4, 0.5) is 5.69 Å². The highest BCUT2D eigenvalue weighted by Crippen LogP contribution is 2.12. The molecule has 0 bridgehead atoms. The highest BCUT2D eigenvalue weighted by Gasteiger charge is 1.98. The van der Waals surface area contributed by atoms with Gasteiger partial charge in [-0.1, -0.05) is 12.1 Å². The molecule has 0 aliphatic carbocycles. The number of aryl methyl sites for hydroxylation is 1. The average Bonchev–Trinajstić information content (AvgIpc) is 2.73. The van der Waals surface area contributed by atoms with Crippen molar-refractivity contribution in [3.63, 3.8) is 0 Å². The van der Waals surface area contributed by atoms with E-state index in [0.29, 0.717) is 0 Å². The molecule has 1 heterocycles. The number of hydrogen-bond acceptors (Lipinski definition) is 4. The molecule has 2 rings (SSSR count). The molecule has 0 saturated carbocycles. The molecule has 2 N–H and O–H groups in total. The fraction of sp³-hybridized carbons (Fsp3) is 0.250. The van der Waals surface area contributed by atoms with Crippen molar-refractivity contribution < 1.29 is 5.11 Å². The molecule has 84 valence electrons. The fourth-order valence-electron chi connectivity index (χ4n) is 1.41. The summed E-state index contributed by atoms with van der Waals surface area (Å²) in [5.41, 5.74) is 3.03. The summed E-state index contributed by atoms with van der Waals surface area (Å²) in [6.45, 7) is 2.83. The van der Waals surface area contributed by atoms with Crippen LogP contribution in [0.15, 0.2) is 29.6 Å². The van der Waals surface area contributed by atoms with E-state index in [0.717, 1.165) is 28.5 Å². The second-order valence-electron chi connectivity index (χ2n) is 3.57. The lowest BCUT2D eigenvalue weighted by atomic mass is 10.2. The first-order valence-corrected chi connectivity index (χ1v) is 6.00. The van der Waals surface area contributed by atoms with Crippen LogP contribution >= 0.6 is 11.3 Å². The van der Waals surface area contributed by atoms with Crippen LogP contribution in [0, 0.1) is 6.92 Å². The number of aliphatic hydroxyl groups is 1. The lowest BCUT2D eigenvalue weighted by molar-refractivity contribution is 0.282. The molecule has 0 atom stereocenters. The van der Waals surface area contributed by atoms with E-state index in [2.05, 4.69) is 15.7 Å². The van der Waals surface area contributed by atoms with Crippen molar-refractivity contribution in [2.45, 2.75) is 20.1 Å². The zero-order valence-electron chi connectivity index (χ0n) is 9.10. The first-order valence-electron chi connectivity index (χ1n) is 5.12.